The van der Waals surface area contributed by atoms with E-state index in [0.717, 1.165) is 31.0 Å². The van der Waals surface area contributed by atoms with Gasteiger partial charge in [-0.2, -0.15) is 0 Å². The van der Waals surface area contributed by atoms with Crippen LogP contribution < -0.4 is 0 Å². The highest BCUT2D eigenvalue weighted by molar-refractivity contribution is 4.81. The highest BCUT2D eigenvalue weighted by Crippen LogP contribution is 2.41. The quantitative estimate of drug-likeness (QED) is 0.741. The summed E-state index contributed by atoms with van der Waals surface area (Å²) in [4.78, 5) is 0. The molecule has 1 aliphatic heterocycles. The van der Waals surface area contributed by atoms with Crippen molar-refractivity contribution in [1.29, 1.82) is 0 Å². The number of hydrogen-bond acceptors (Lipinski definition) is 2. The summed E-state index contributed by atoms with van der Waals surface area (Å²) < 4.78 is 11.3. The second-order valence-corrected chi connectivity index (χ2v) is 7.51. The molecule has 3 fully saturated rings. The van der Waals surface area contributed by atoms with E-state index < -0.39 is 0 Å². The minimum absolute atomic E-state index is 0.0216. The van der Waals surface area contributed by atoms with Crippen LogP contribution in [0.15, 0.2) is 0 Å². The molecule has 0 N–H and O–H groups in total. The third kappa shape index (κ3) is 3.98. The zero-order valence-corrected chi connectivity index (χ0v) is 13.2. The van der Waals surface area contributed by atoms with Crippen molar-refractivity contribution in [1.82, 2.24) is 0 Å². The SMILES string of the molecule is CC1OCC(CC2CCC(C3CCCCC3)CC2)CO1. The topological polar surface area (TPSA) is 18.5 Å². The first kappa shape index (κ1) is 14.8. The summed E-state index contributed by atoms with van der Waals surface area (Å²) in [6, 6.07) is 0. The third-order valence-electron chi connectivity index (χ3n) is 6.01. The molecule has 116 valence electrons. The van der Waals surface area contributed by atoms with Gasteiger partial charge in [0.2, 0.25) is 0 Å². The number of ether oxygens (including phenoxy) is 2. The Kier molecular flexibility index (Phi) is 5.39. The van der Waals surface area contributed by atoms with Gasteiger partial charge in [-0.15, -0.1) is 0 Å². The van der Waals surface area contributed by atoms with E-state index in [1.807, 2.05) is 6.92 Å². The predicted octanol–water partition coefficient (Wildman–Crippen LogP) is 4.77. The van der Waals surface area contributed by atoms with Gasteiger partial charge in [-0.1, -0.05) is 44.9 Å². The van der Waals surface area contributed by atoms with Crippen LogP contribution in [0.1, 0.15) is 71.1 Å². The van der Waals surface area contributed by atoms with Crippen molar-refractivity contribution in [2.45, 2.75) is 77.4 Å². The molecule has 3 aliphatic rings. The summed E-state index contributed by atoms with van der Waals surface area (Å²) in [5, 5.41) is 0. The fourth-order valence-electron chi connectivity index (χ4n) is 4.75. The van der Waals surface area contributed by atoms with Gasteiger partial charge in [-0.25, -0.2) is 0 Å². The highest BCUT2D eigenvalue weighted by atomic mass is 16.7. The molecule has 0 aromatic heterocycles. The van der Waals surface area contributed by atoms with Gasteiger partial charge in [0.25, 0.3) is 0 Å². The molecule has 0 unspecified atom stereocenters. The molecule has 0 aromatic rings. The van der Waals surface area contributed by atoms with Crippen LogP contribution >= 0.6 is 0 Å². The Morgan fingerprint density at radius 3 is 1.95 bits per heavy atom. The fourth-order valence-corrected chi connectivity index (χ4v) is 4.75. The molecular formula is C18H32O2. The average Bonchev–Trinajstić information content (AvgIpc) is 2.51. The predicted molar refractivity (Wildman–Crippen MR) is 81.5 cm³/mol. The molecule has 0 atom stereocenters. The lowest BCUT2D eigenvalue weighted by molar-refractivity contribution is -0.193. The molecule has 3 rings (SSSR count). The molecule has 0 amide bonds. The van der Waals surface area contributed by atoms with Crippen molar-refractivity contribution < 1.29 is 9.47 Å². The van der Waals surface area contributed by atoms with E-state index in [0.29, 0.717) is 5.92 Å². The normalized spacial score (nSPS) is 40.6. The Morgan fingerprint density at radius 1 is 0.700 bits per heavy atom. The van der Waals surface area contributed by atoms with E-state index in [9.17, 15) is 0 Å². The van der Waals surface area contributed by atoms with Crippen molar-refractivity contribution in [3.05, 3.63) is 0 Å². The first-order valence-electron chi connectivity index (χ1n) is 9.04. The molecule has 0 bridgehead atoms. The lowest BCUT2D eigenvalue weighted by Crippen LogP contribution is -2.32. The van der Waals surface area contributed by atoms with Crippen LogP contribution in [0.5, 0.6) is 0 Å². The minimum Gasteiger partial charge on any atom is -0.353 e. The van der Waals surface area contributed by atoms with Gasteiger partial charge < -0.3 is 9.47 Å². The molecule has 0 spiro atoms. The Hall–Kier alpha value is -0.0800. The van der Waals surface area contributed by atoms with Crippen molar-refractivity contribution in [2.24, 2.45) is 23.7 Å². The molecule has 1 saturated heterocycles. The van der Waals surface area contributed by atoms with Crippen molar-refractivity contribution in [3.63, 3.8) is 0 Å². The van der Waals surface area contributed by atoms with Crippen LogP contribution in [-0.2, 0) is 9.47 Å². The third-order valence-corrected chi connectivity index (χ3v) is 6.01. The number of hydrogen-bond donors (Lipinski definition) is 0. The zero-order chi connectivity index (χ0) is 13.8. The molecule has 2 aliphatic carbocycles. The van der Waals surface area contributed by atoms with Gasteiger partial charge in [0, 0.05) is 5.92 Å². The summed E-state index contributed by atoms with van der Waals surface area (Å²) in [6.45, 7) is 3.85. The lowest BCUT2D eigenvalue weighted by Gasteiger charge is -2.37. The Balaban J connectivity index is 1.37. The molecule has 2 saturated carbocycles. The van der Waals surface area contributed by atoms with Crippen molar-refractivity contribution >= 4 is 0 Å². The monoisotopic (exact) mass is 280 g/mol. The average molecular weight is 280 g/mol. The largest absolute Gasteiger partial charge is 0.353 e. The maximum Gasteiger partial charge on any atom is 0.154 e. The smallest absolute Gasteiger partial charge is 0.154 e. The zero-order valence-electron chi connectivity index (χ0n) is 13.2. The molecule has 0 radical (unpaired) electrons. The van der Waals surface area contributed by atoms with E-state index in [-0.39, 0.29) is 6.29 Å². The molecule has 2 nitrogen and oxygen atoms in total. The minimum atomic E-state index is 0.0216. The van der Waals surface area contributed by atoms with Gasteiger partial charge in [-0.3, -0.25) is 0 Å². The van der Waals surface area contributed by atoms with Crippen LogP contribution in [0.25, 0.3) is 0 Å². The van der Waals surface area contributed by atoms with Gasteiger partial charge in [0.15, 0.2) is 6.29 Å². The Labute approximate surface area is 124 Å². The summed E-state index contributed by atoms with van der Waals surface area (Å²) in [5.74, 6) is 3.74. The van der Waals surface area contributed by atoms with Gasteiger partial charge >= 0.3 is 0 Å². The maximum atomic E-state index is 5.63. The van der Waals surface area contributed by atoms with Crippen molar-refractivity contribution in [2.75, 3.05) is 13.2 Å². The van der Waals surface area contributed by atoms with E-state index in [4.69, 9.17) is 9.47 Å². The fraction of sp³-hybridized carbons (Fsp3) is 1.00. The summed E-state index contributed by atoms with van der Waals surface area (Å²) in [5.41, 5.74) is 0. The van der Waals surface area contributed by atoms with Crippen LogP contribution in [0.2, 0.25) is 0 Å². The van der Waals surface area contributed by atoms with Crippen LogP contribution in [0, 0.1) is 23.7 Å². The van der Waals surface area contributed by atoms with Gasteiger partial charge in [0.1, 0.15) is 0 Å². The Morgan fingerprint density at radius 2 is 1.30 bits per heavy atom. The van der Waals surface area contributed by atoms with Crippen molar-refractivity contribution in [3.8, 4) is 0 Å². The summed E-state index contributed by atoms with van der Waals surface area (Å²) in [7, 11) is 0. The van der Waals surface area contributed by atoms with E-state index in [1.165, 1.54) is 64.2 Å². The molecule has 2 heteroatoms. The van der Waals surface area contributed by atoms with Crippen LogP contribution in [-0.4, -0.2) is 19.5 Å². The first-order valence-corrected chi connectivity index (χ1v) is 9.04. The Bertz CT molecular complexity index is 269. The van der Waals surface area contributed by atoms with Gasteiger partial charge in [-0.05, 0) is 43.9 Å². The summed E-state index contributed by atoms with van der Waals surface area (Å²) in [6.07, 6.45) is 14.8. The van der Waals surface area contributed by atoms with Crippen LogP contribution in [0.4, 0.5) is 0 Å². The molecule has 20 heavy (non-hydrogen) atoms. The van der Waals surface area contributed by atoms with E-state index in [1.54, 1.807) is 0 Å². The molecule has 1 heterocycles. The number of rotatable bonds is 3. The maximum absolute atomic E-state index is 5.63. The highest BCUT2D eigenvalue weighted by Gasteiger charge is 2.30. The van der Waals surface area contributed by atoms with Crippen LogP contribution in [0.3, 0.4) is 0 Å². The first-order chi connectivity index (χ1) is 9.81. The second kappa shape index (κ2) is 7.26. The lowest BCUT2D eigenvalue weighted by atomic mass is 9.70. The van der Waals surface area contributed by atoms with E-state index >= 15 is 0 Å². The standard InChI is InChI=1S/C18H32O2/c1-14-19-12-16(13-20-14)11-15-7-9-18(10-8-15)17-5-3-2-4-6-17/h14-18H,2-13H2,1H3. The molecular weight excluding hydrogens is 248 g/mol. The molecule has 0 aromatic carbocycles. The van der Waals surface area contributed by atoms with Gasteiger partial charge in [0.05, 0.1) is 13.2 Å². The second-order valence-electron chi connectivity index (χ2n) is 7.51. The summed E-state index contributed by atoms with van der Waals surface area (Å²) >= 11 is 0. The van der Waals surface area contributed by atoms with E-state index in [2.05, 4.69) is 0 Å².